The molecule has 7 heteroatoms. The lowest BCUT2D eigenvalue weighted by Gasteiger charge is -2.09. The number of benzene rings is 2. The van der Waals surface area contributed by atoms with Gasteiger partial charge in [-0.15, -0.1) is 0 Å². The number of anilines is 1. The lowest BCUT2D eigenvalue weighted by atomic mass is 10.1. The maximum Gasteiger partial charge on any atom is 0.337 e. The van der Waals surface area contributed by atoms with Crippen molar-refractivity contribution in [2.75, 3.05) is 5.32 Å². The maximum atomic E-state index is 12.2. The van der Waals surface area contributed by atoms with Crippen LogP contribution in [0.1, 0.15) is 20.7 Å². The molecular weight excluding hydrogens is 470 g/mol. The van der Waals surface area contributed by atoms with Gasteiger partial charge in [-0.1, -0.05) is 47.8 Å². The summed E-state index contributed by atoms with van der Waals surface area (Å²) in [6.45, 7) is 0. The van der Waals surface area contributed by atoms with Gasteiger partial charge in [-0.3, -0.25) is 4.79 Å². The molecule has 0 saturated heterocycles. The Hall–Kier alpha value is -1.18. The highest BCUT2D eigenvalue weighted by Crippen LogP contribution is 2.24. The second-order valence-electron chi connectivity index (χ2n) is 4.11. The second-order valence-corrected chi connectivity index (χ2v) is 6.85. The molecule has 108 valence electrons. The van der Waals surface area contributed by atoms with Crippen molar-refractivity contribution in [3.63, 3.8) is 0 Å². The third-order valence-corrected chi connectivity index (χ3v) is 3.99. The number of carbonyl (C=O) groups excluding carboxylic acids is 1. The van der Waals surface area contributed by atoms with Crippen LogP contribution < -0.4 is 5.32 Å². The zero-order valence-electron chi connectivity index (χ0n) is 10.4. The average molecular weight is 478 g/mol. The lowest BCUT2D eigenvalue weighted by molar-refractivity contribution is 0.0698. The summed E-state index contributed by atoms with van der Waals surface area (Å²) in [5.41, 5.74) is 0.672. The summed E-state index contributed by atoms with van der Waals surface area (Å²) in [4.78, 5) is 23.4. The van der Waals surface area contributed by atoms with Crippen molar-refractivity contribution in [3.8, 4) is 0 Å². The molecular formula is C14H8Br3NO3. The van der Waals surface area contributed by atoms with Crippen LogP contribution in [0, 0.1) is 0 Å². The largest absolute Gasteiger partial charge is 0.478 e. The van der Waals surface area contributed by atoms with Gasteiger partial charge in [-0.2, -0.15) is 0 Å². The minimum Gasteiger partial charge on any atom is -0.478 e. The van der Waals surface area contributed by atoms with E-state index < -0.39 is 11.9 Å². The molecule has 0 aliphatic rings. The van der Waals surface area contributed by atoms with Crippen LogP contribution in [0.4, 0.5) is 5.69 Å². The zero-order chi connectivity index (χ0) is 15.6. The van der Waals surface area contributed by atoms with Gasteiger partial charge in [0.05, 0.1) is 11.3 Å². The van der Waals surface area contributed by atoms with Crippen LogP contribution in [0.15, 0.2) is 49.8 Å². The Kier molecular flexibility index (Phi) is 5.18. The summed E-state index contributed by atoms with van der Waals surface area (Å²) in [6, 6.07) is 9.69. The molecule has 0 atom stereocenters. The van der Waals surface area contributed by atoms with Crippen LogP contribution >= 0.6 is 47.8 Å². The van der Waals surface area contributed by atoms with Gasteiger partial charge in [0.15, 0.2) is 0 Å². The third kappa shape index (κ3) is 4.15. The standard InChI is InChI=1S/C14H8Br3NO3/c15-8-1-2-11(14(20)21)12(6-8)18-13(19)7-3-9(16)5-10(17)4-7/h1-6H,(H,18,19)(H,20,21). The first-order valence-electron chi connectivity index (χ1n) is 5.67. The van der Waals surface area contributed by atoms with E-state index in [1.165, 1.54) is 6.07 Å². The van der Waals surface area contributed by atoms with Crippen LogP contribution in [0.5, 0.6) is 0 Å². The quantitative estimate of drug-likeness (QED) is 0.659. The molecule has 0 aliphatic carbocycles. The van der Waals surface area contributed by atoms with Crippen LogP contribution in [0.3, 0.4) is 0 Å². The molecule has 0 saturated carbocycles. The molecule has 0 spiro atoms. The van der Waals surface area contributed by atoms with Gasteiger partial charge in [0.1, 0.15) is 0 Å². The predicted molar refractivity (Wildman–Crippen MR) is 90.9 cm³/mol. The fourth-order valence-electron chi connectivity index (χ4n) is 1.69. The van der Waals surface area contributed by atoms with Gasteiger partial charge in [-0.25, -0.2) is 4.79 Å². The number of carboxylic acid groups (broad SMARTS) is 1. The van der Waals surface area contributed by atoms with Gasteiger partial charge in [0.25, 0.3) is 5.91 Å². The van der Waals surface area contributed by atoms with Crippen molar-refractivity contribution < 1.29 is 14.7 Å². The van der Waals surface area contributed by atoms with Crippen molar-refractivity contribution in [1.29, 1.82) is 0 Å². The van der Waals surface area contributed by atoms with E-state index in [0.717, 1.165) is 8.95 Å². The molecule has 0 heterocycles. The van der Waals surface area contributed by atoms with Crippen molar-refractivity contribution in [1.82, 2.24) is 0 Å². The van der Waals surface area contributed by atoms with E-state index in [9.17, 15) is 9.59 Å². The smallest absolute Gasteiger partial charge is 0.337 e. The Morgan fingerprint density at radius 3 is 2.10 bits per heavy atom. The predicted octanol–water partition coefficient (Wildman–Crippen LogP) is 4.92. The number of aromatic carboxylic acids is 1. The Morgan fingerprint density at radius 2 is 1.52 bits per heavy atom. The molecule has 1 amide bonds. The van der Waals surface area contributed by atoms with E-state index in [4.69, 9.17) is 5.11 Å². The zero-order valence-corrected chi connectivity index (χ0v) is 15.1. The van der Waals surface area contributed by atoms with Crippen molar-refractivity contribution >= 4 is 65.4 Å². The molecule has 0 unspecified atom stereocenters. The normalized spacial score (nSPS) is 10.2. The van der Waals surface area contributed by atoms with E-state index >= 15 is 0 Å². The van der Waals surface area contributed by atoms with E-state index in [-0.39, 0.29) is 11.3 Å². The number of rotatable bonds is 3. The highest BCUT2D eigenvalue weighted by Gasteiger charge is 2.14. The molecule has 21 heavy (non-hydrogen) atoms. The molecule has 0 aliphatic heterocycles. The monoisotopic (exact) mass is 475 g/mol. The Balaban J connectivity index is 2.35. The van der Waals surface area contributed by atoms with Crippen LogP contribution in [0.2, 0.25) is 0 Å². The number of nitrogens with one attached hydrogen (secondary N) is 1. The third-order valence-electron chi connectivity index (χ3n) is 2.58. The molecule has 4 nitrogen and oxygen atoms in total. The average Bonchev–Trinajstić information content (AvgIpc) is 2.37. The van der Waals surface area contributed by atoms with Crippen molar-refractivity contribution in [3.05, 3.63) is 60.9 Å². The van der Waals surface area contributed by atoms with Crippen molar-refractivity contribution in [2.24, 2.45) is 0 Å². The molecule has 0 fully saturated rings. The van der Waals surface area contributed by atoms with Gasteiger partial charge in [-0.05, 0) is 36.4 Å². The minimum atomic E-state index is -1.10. The number of carbonyl (C=O) groups is 2. The highest BCUT2D eigenvalue weighted by molar-refractivity contribution is 9.11. The first-order valence-corrected chi connectivity index (χ1v) is 8.05. The number of hydrogen-bond donors (Lipinski definition) is 2. The lowest BCUT2D eigenvalue weighted by Crippen LogP contribution is -2.15. The summed E-state index contributed by atoms with van der Waals surface area (Å²) in [5, 5.41) is 11.8. The summed E-state index contributed by atoms with van der Waals surface area (Å²) in [5.74, 6) is -1.49. The van der Waals surface area contributed by atoms with E-state index in [2.05, 4.69) is 53.1 Å². The summed E-state index contributed by atoms with van der Waals surface area (Å²) < 4.78 is 2.17. The maximum absolute atomic E-state index is 12.2. The van der Waals surface area contributed by atoms with Gasteiger partial charge >= 0.3 is 5.97 Å². The summed E-state index contributed by atoms with van der Waals surface area (Å²) in [6.07, 6.45) is 0. The molecule has 0 bridgehead atoms. The van der Waals surface area contributed by atoms with Crippen LogP contribution in [0.25, 0.3) is 0 Å². The molecule has 2 rings (SSSR count). The fourth-order valence-corrected chi connectivity index (χ4v) is 3.34. The van der Waals surface area contributed by atoms with E-state index in [1.807, 2.05) is 0 Å². The SMILES string of the molecule is O=C(Nc1cc(Br)ccc1C(=O)O)c1cc(Br)cc(Br)c1. The Labute approximate surface area is 145 Å². The van der Waals surface area contributed by atoms with E-state index in [1.54, 1.807) is 30.3 Å². The summed E-state index contributed by atoms with van der Waals surface area (Å²) >= 11 is 9.86. The topological polar surface area (TPSA) is 66.4 Å². The molecule has 2 N–H and O–H groups in total. The van der Waals surface area contributed by atoms with Gasteiger partial charge in [0, 0.05) is 19.0 Å². The molecule has 0 radical (unpaired) electrons. The summed E-state index contributed by atoms with van der Waals surface area (Å²) in [7, 11) is 0. The number of hydrogen-bond acceptors (Lipinski definition) is 2. The number of amides is 1. The second kappa shape index (κ2) is 6.72. The van der Waals surface area contributed by atoms with Crippen molar-refractivity contribution in [2.45, 2.75) is 0 Å². The molecule has 2 aromatic rings. The van der Waals surface area contributed by atoms with E-state index in [0.29, 0.717) is 10.0 Å². The Morgan fingerprint density at radius 1 is 0.905 bits per heavy atom. The van der Waals surface area contributed by atoms with Gasteiger partial charge in [0.2, 0.25) is 0 Å². The molecule has 2 aromatic carbocycles. The van der Waals surface area contributed by atoms with Crippen LogP contribution in [-0.4, -0.2) is 17.0 Å². The number of carboxylic acids is 1. The molecule has 0 aromatic heterocycles. The van der Waals surface area contributed by atoms with Gasteiger partial charge < -0.3 is 10.4 Å². The number of halogens is 3. The fraction of sp³-hybridized carbons (Fsp3) is 0. The first-order chi connectivity index (χ1) is 9.86. The minimum absolute atomic E-state index is 0.0283. The van der Waals surface area contributed by atoms with Crippen LogP contribution in [-0.2, 0) is 0 Å². The first kappa shape index (κ1) is 16.2. The Bertz CT molecular complexity index is 711. The highest BCUT2D eigenvalue weighted by atomic mass is 79.9.